The Bertz CT molecular complexity index is 1040. The van der Waals surface area contributed by atoms with Crippen molar-refractivity contribution in [2.45, 2.75) is 38.5 Å². The monoisotopic (exact) mass is 474 g/mol. The fourth-order valence-corrected chi connectivity index (χ4v) is 3.85. The second-order valence-electron chi connectivity index (χ2n) is 7.12. The van der Waals surface area contributed by atoms with Gasteiger partial charge in [-0.05, 0) is 55.3 Å². The third kappa shape index (κ3) is 6.40. The lowest BCUT2D eigenvalue weighted by molar-refractivity contribution is -0.118. The van der Waals surface area contributed by atoms with Crippen LogP contribution >= 0.6 is 23.4 Å². The van der Waals surface area contributed by atoms with Gasteiger partial charge in [0.1, 0.15) is 18.1 Å². The van der Waals surface area contributed by atoms with Crippen molar-refractivity contribution in [1.29, 1.82) is 0 Å². The molecule has 0 fully saturated rings. The van der Waals surface area contributed by atoms with E-state index in [1.165, 1.54) is 11.8 Å². The standard InChI is InChI=1S/C23H27ClN4O3S/c1-4-5-12-25-22(29)15-32-23-27-26-21(14-31-19-10-8-18(30-3)9-11-19)28(23)17-7-6-16(2)20(24)13-17/h6-11,13H,4-5,12,14-15H2,1-3H3,(H,25,29). The zero-order valence-corrected chi connectivity index (χ0v) is 20.0. The SMILES string of the molecule is CCCCNC(=O)CSc1nnc(COc2ccc(OC)cc2)n1-c1ccc(C)c(Cl)c1. The number of nitrogens with zero attached hydrogens (tertiary/aromatic N) is 3. The molecule has 0 radical (unpaired) electrons. The van der Waals surface area contributed by atoms with Crippen LogP contribution in [0.2, 0.25) is 5.02 Å². The van der Waals surface area contributed by atoms with Crippen LogP contribution in [-0.2, 0) is 11.4 Å². The number of rotatable bonds is 11. The van der Waals surface area contributed by atoms with Crippen molar-refractivity contribution in [1.82, 2.24) is 20.1 Å². The largest absolute Gasteiger partial charge is 0.497 e. The number of nitrogens with one attached hydrogen (secondary N) is 1. The fraction of sp³-hybridized carbons (Fsp3) is 0.348. The summed E-state index contributed by atoms with van der Waals surface area (Å²) in [5.74, 6) is 2.27. The van der Waals surface area contributed by atoms with Crippen molar-refractivity contribution in [3.05, 3.63) is 58.9 Å². The Balaban J connectivity index is 1.79. The van der Waals surface area contributed by atoms with Crippen LogP contribution < -0.4 is 14.8 Å². The summed E-state index contributed by atoms with van der Waals surface area (Å²) in [6.07, 6.45) is 1.99. The number of thioether (sulfide) groups is 1. The lowest BCUT2D eigenvalue weighted by Gasteiger charge is -2.12. The van der Waals surface area contributed by atoms with E-state index in [-0.39, 0.29) is 18.3 Å². The molecule has 1 heterocycles. The van der Waals surface area contributed by atoms with Crippen LogP contribution in [0.1, 0.15) is 31.2 Å². The first-order chi connectivity index (χ1) is 15.5. The Morgan fingerprint density at radius 1 is 1.16 bits per heavy atom. The average Bonchev–Trinajstić information content (AvgIpc) is 3.21. The van der Waals surface area contributed by atoms with Crippen LogP contribution in [0.4, 0.5) is 0 Å². The normalized spacial score (nSPS) is 10.8. The summed E-state index contributed by atoms with van der Waals surface area (Å²) in [7, 11) is 1.62. The molecule has 0 aliphatic carbocycles. The summed E-state index contributed by atoms with van der Waals surface area (Å²) < 4.78 is 13.0. The van der Waals surface area contributed by atoms with Crippen LogP contribution in [0, 0.1) is 6.92 Å². The maximum atomic E-state index is 12.2. The van der Waals surface area contributed by atoms with Gasteiger partial charge in [-0.1, -0.05) is 42.8 Å². The van der Waals surface area contributed by atoms with Gasteiger partial charge in [-0.25, -0.2) is 0 Å². The minimum absolute atomic E-state index is 0.0315. The number of unbranched alkanes of at least 4 members (excludes halogenated alkanes) is 1. The number of amides is 1. The van der Waals surface area contributed by atoms with Crippen molar-refractivity contribution < 1.29 is 14.3 Å². The molecule has 1 aromatic heterocycles. The number of methoxy groups -OCH3 is 1. The highest BCUT2D eigenvalue weighted by atomic mass is 35.5. The summed E-state index contributed by atoms with van der Waals surface area (Å²) >= 11 is 7.69. The highest BCUT2D eigenvalue weighted by molar-refractivity contribution is 7.99. The molecule has 0 saturated heterocycles. The molecule has 0 atom stereocenters. The van der Waals surface area contributed by atoms with Crippen LogP contribution in [0.5, 0.6) is 11.5 Å². The van der Waals surface area contributed by atoms with Gasteiger partial charge in [-0.2, -0.15) is 0 Å². The van der Waals surface area contributed by atoms with Gasteiger partial charge in [0.25, 0.3) is 0 Å². The maximum absolute atomic E-state index is 12.2. The number of benzene rings is 2. The van der Waals surface area contributed by atoms with Gasteiger partial charge in [0.2, 0.25) is 5.91 Å². The molecule has 3 rings (SSSR count). The van der Waals surface area contributed by atoms with Gasteiger partial charge in [0.05, 0.1) is 18.6 Å². The van der Waals surface area contributed by atoms with E-state index in [4.69, 9.17) is 21.1 Å². The Kier molecular flexibility index (Phi) is 8.81. The molecule has 170 valence electrons. The second kappa shape index (κ2) is 11.8. The molecule has 0 aliphatic heterocycles. The quantitative estimate of drug-likeness (QED) is 0.317. The number of carbonyl (C=O) groups is 1. The predicted octanol–water partition coefficient (Wildman–Crippen LogP) is 4.83. The number of ether oxygens (including phenoxy) is 2. The van der Waals surface area contributed by atoms with Crippen LogP contribution in [-0.4, -0.2) is 40.1 Å². The van der Waals surface area contributed by atoms with E-state index in [9.17, 15) is 4.79 Å². The van der Waals surface area contributed by atoms with E-state index in [1.54, 1.807) is 7.11 Å². The number of aromatic nitrogens is 3. The number of hydrogen-bond donors (Lipinski definition) is 1. The van der Waals surface area contributed by atoms with Gasteiger partial charge < -0.3 is 14.8 Å². The number of hydrogen-bond acceptors (Lipinski definition) is 6. The topological polar surface area (TPSA) is 78.3 Å². The molecule has 0 unspecified atom stereocenters. The van der Waals surface area contributed by atoms with Gasteiger partial charge in [0.15, 0.2) is 11.0 Å². The first-order valence-electron chi connectivity index (χ1n) is 10.4. The molecule has 1 N–H and O–H groups in total. The van der Waals surface area contributed by atoms with E-state index < -0.39 is 0 Å². The molecule has 0 spiro atoms. The van der Waals surface area contributed by atoms with Crippen molar-refractivity contribution in [3.8, 4) is 17.2 Å². The zero-order chi connectivity index (χ0) is 22.9. The van der Waals surface area contributed by atoms with E-state index in [0.717, 1.165) is 29.8 Å². The van der Waals surface area contributed by atoms with Crippen molar-refractivity contribution in [3.63, 3.8) is 0 Å². The summed E-state index contributed by atoms with van der Waals surface area (Å²) in [6.45, 7) is 4.92. The summed E-state index contributed by atoms with van der Waals surface area (Å²) in [5.41, 5.74) is 1.79. The number of halogens is 1. The Labute approximate surface area is 197 Å². The van der Waals surface area contributed by atoms with E-state index in [2.05, 4.69) is 22.4 Å². The van der Waals surface area contributed by atoms with Crippen LogP contribution in [0.3, 0.4) is 0 Å². The third-order valence-electron chi connectivity index (χ3n) is 4.73. The van der Waals surface area contributed by atoms with E-state index >= 15 is 0 Å². The maximum Gasteiger partial charge on any atom is 0.230 e. The molecule has 7 nitrogen and oxygen atoms in total. The molecule has 1 amide bonds. The van der Waals surface area contributed by atoms with Gasteiger partial charge in [-0.3, -0.25) is 9.36 Å². The molecular formula is C23H27ClN4O3S. The highest BCUT2D eigenvalue weighted by Crippen LogP contribution is 2.26. The highest BCUT2D eigenvalue weighted by Gasteiger charge is 2.17. The van der Waals surface area contributed by atoms with Crippen molar-refractivity contribution in [2.75, 3.05) is 19.4 Å². The Hall–Kier alpha value is -2.71. The minimum Gasteiger partial charge on any atom is -0.497 e. The van der Waals surface area contributed by atoms with Crippen LogP contribution in [0.25, 0.3) is 5.69 Å². The van der Waals surface area contributed by atoms with Crippen molar-refractivity contribution >= 4 is 29.3 Å². The lowest BCUT2D eigenvalue weighted by atomic mass is 10.2. The zero-order valence-electron chi connectivity index (χ0n) is 18.4. The Morgan fingerprint density at radius 3 is 2.59 bits per heavy atom. The first kappa shape index (κ1) is 23.9. The van der Waals surface area contributed by atoms with Gasteiger partial charge >= 0.3 is 0 Å². The summed E-state index contributed by atoms with van der Waals surface area (Å²) in [6, 6.07) is 13.1. The van der Waals surface area contributed by atoms with E-state index in [1.807, 2.05) is 54.0 Å². The number of carbonyl (C=O) groups excluding carboxylic acids is 1. The molecule has 32 heavy (non-hydrogen) atoms. The van der Waals surface area contributed by atoms with Gasteiger partial charge in [-0.15, -0.1) is 10.2 Å². The summed E-state index contributed by atoms with van der Waals surface area (Å²) in [5, 5.41) is 12.8. The smallest absolute Gasteiger partial charge is 0.230 e. The van der Waals surface area contributed by atoms with Gasteiger partial charge in [0, 0.05) is 11.6 Å². The van der Waals surface area contributed by atoms with Crippen molar-refractivity contribution in [2.24, 2.45) is 0 Å². The van der Waals surface area contributed by atoms with Crippen LogP contribution in [0.15, 0.2) is 47.6 Å². The molecule has 9 heteroatoms. The molecule has 3 aromatic rings. The first-order valence-corrected chi connectivity index (χ1v) is 11.7. The van der Waals surface area contributed by atoms with E-state index in [0.29, 0.717) is 28.3 Å². The molecule has 0 saturated carbocycles. The Morgan fingerprint density at radius 2 is 1.91 bits per heavy atom. The third-order valence-corrected chi connectivity index (χ3v) is 6.06. The molecule has 2 aromatic carbocycles. The minimum atomic E-state index is -0.0315. The fourth-order valence-electron chi connectivity index (χ4n) is 2.87. The number of aryl methyl sites for hydroxylation is 1. The second-order valence-corrected chi connectivity index (χ2v) is 8.47. The summed E-state index contributed by atoms with van der Waals surface area (Å²) in [4.78, 5) is 12.2. The lowest BCUT2D eigenvalue weighted by Crippen LogP contribution is -2.26. The molecule has 0 aliphatic rings. The predicted molar refractivity (Wildman–Crippen MR) is 127 cm³/mol. The average molecular weight is 475 g/mol. The molecular weight excluding hydrogens is 448 g/mol. The molecule has 0 bridgehead atoms.